The second-order valence-corrected chi connectivity index (χ2v) is 9.11. The van der Waals surface area contributed by atoms with Crippen molar-refractivity contribution in [2.75, 3.05) is 13.1 Å². The van der Waals surface area contributed by atoms with Crippen LogP contribution in [0.1, 0.15) is 63.5 Å². The molecule has 1 heterocycles. The Morgan fingerprint density at radius 1 is 1.06 bits per heavy atom. The summed E-state index contributed by atoms with van der Waals surface area (Å²) < 4.78 is 6.17. The van der Waals surface area contributed by atoms with Crippen molar-refractivity contribution < 1.29 is 4.42 Å². The summed E-state index contributed by atoms with van der Waals surface area (Å²) in [4.78, 5) is 2.84. The molecule has 36 heavy (non-hydrogen) atoms. The number of benzene rings is 1. The quantitative estimate of drug-likeness (QED) is 0.147. The molecule has 0 spiro atoms. The number of rotatable bonds is 15. The van der Waals surface area contributed by atoms with Crippen LogP contribution in [-0.4, -0.2) is 45.7 Å². The number of unbranched alkanes of at least 4 members (excludes halogenated alkanes) is 1. The molecule has 0 aliphatic carbocycles. The SMILES string of the molecule is CCCCN(Cc1ccccc1)Cc1ccc(C(/C=N/NC(=S)NCC)=N/NC(=S)CC(=N)CC)o1. The van der Waals surface area contributed by atoms with E-state index >= 15 is 0 Å². The van der Waals surface area contributed by atoms with Gasteiger partial charge in [-0.2, -0.15) is 10.2 Å². The van der Waals surface area contributed by atoms with E-state index in [1.54, 1.807) is 0 Å². The zero-order valence-corrected chi connectivity index (χ0v) is 23.0. The van der Waals surface area contributed by atoms with Crippen LogP contribution in [0.25, 0.3) is 0 Å². The number of nitrogens with zero attached hydrogens (tertiary/aromatic N) is 3. The van der Waals surface area contributed by atoms with Crippen LogP contribution in [0, 0.1) is 5.41 Å². The molecule has 0 atom stereocenters. The van der Waals surface area contributed by atoms with Gasteiger partial charge in [-0.25, -0.2) is 0 Å². The van der Waals surface area contributed by atoms with Crippen LogP contribution in [-0.2, 0) is 13.1 Å². The van der Waals surface area contributed by atoms with E-state index < -0.39 is 0 Å². The monoisotopic (exact) mass is 527 g/mol. The first-order valence-corrected chi connectivity index (χ1v) is 13.1. The van der Waals surface area contributed by atoms with Gasteiger partial charge in [0.2, 0.25) is 0 Å². The average molecular weight is 528 g/mol. The maximum atomic E-state index is 7.86. The molecule has 0 saturated heterocycles. The summed E-state index contributed by atoms with van der Waals surface area (Å²) in [5.41, 5.74) is 7.90. The van der Waals surface area contributed by atoms with E-state index in [0.29, 0.717) is 53.2 Å². The zero-order valence-electron chi connectivity index (χ0n) is 21.3. The zero-order chi connectivity index (χ0) is 26.2. The Morgan fingerprint density at radius 2 is 1.83 bits per heavy atom. The summed E-state index contributed by atoms with van der Waals surface area (Å²) in [5.74, 6) is 1.39. The van der Waals surface area contributed by atoms with Crippen LogP contribution in [0.4, 0.5) is 0 Å². The van der Waals surface area contributed by atoms with E-state index in [4.69, 9.17) is 34.3 Å². The molecular formula is C26H37N7OS2. The molecule has 0 amide bonds. The summed E-state index contributed by atoms with van der Waals surface area (Å²) >= 11 is 10.5. The van der Waals surface area contributed by atoms with Crippen LogP contribution >= 0.6 is 24.4 Å². The molecule has 1 aromatic carbocycles. The van der Waals surface area contributed by atoms with Gasteiger partial charge in [0.05, 0.1) is 12.8 Å². The Hall–Kier alpha value is -2.95. The molecule has 194 valence electrons. The lowest BCUT2D eigenvalue weighted by Gasteiger charge is -2.21. The van der Waals surface area contributed by atoms with Crippen LogP contribution in [0.3, 0.4) is 0 Å². The van der Waals surface area contributed by atoms with Gasteiger partial charge < -0.3 is 15.1 Å². The van der Waals surface area contributed by atoms with Crippen molar-refractivity contribution in [1.82, 2.24) is 21.1 Å². The Labute approximate surface area is 225 Å². The maximum Gasteiger partial charge on any atom is 0.186 e. The predicted octanol–water partition coefficient (Wildman–Crippen LogP) is 4.99. The Kier molecular flexibility index (Phi) is 13.6. The number of hydrazone groups is 2. The largest absolute Gasteiger partial charge is 0.458 e. The number of hydrogen-bond donors (Lipinski definition) is 4. The Morgan fingerprint density at radius 3 is 2.53 bits per heavy atom. The molecule has 0 radical (unpaired) electrons. The van der Waals surface area contributed by atoms with Gasteiger partial charge in [0, 0.05) is 25.2 Å². The summed E-state index contributed by atoms with van der Waals surface area (Å²) in [6.07, 6.45) is 4.78. The molecule has 0 saturated carbocycles. The summed E-state index contributed by atoms with van der Waals surface area (Å²) in [6.45, 7) is 9.29. The van der Waals surface area contributed by atoms with E-state index in [0.717, 1.165) is 31.7 Å². The molecular weight excluding hydrogens is 490 g/mol. The second-order valence-electron chi connectivity index (χ2n) is 8.21. The lowest BCUT2D eigenvalue weighted by molar-refractivity contribution is 0.231. The summed E-state index contributed by atoms with van der Waals surface area (Å²) in [6, 6.07) is 14.3. The molecule has 0 unspecified atom stereocenters. The van der Waals surface area contributed by atoms with Crippen molar-refractivity contribution in [3.05, 3.63) is 59.5 Å². The first-order valence-electron chi connectivity index (χ1n) is 12.3. The van der Waals surface area contributed by atoms with Gasteiger partial charge in [-0.1, -0.05) is 62.8 Å². The minimum absolute atomic E-state index is 0.359. The topological polar surface area (TPSA) is 101 Å². The lowest BCUT2D eigenvalue weighted by Crippen LogP contribution is -2.32. The highest BCUT2D eigenvalue weighted by Crippen LogP contribution is 2.15. The molecule has 10 heteroatoms. The normalized spacial score (nSPS) is 11.6. The number of nitrogens with one attached hydrogen (secondary N) is 4. The van der Waals surface area contributed by atoms with Crippen LogP contribution in [0.5, 0.6) is 0 Å². The standard InChI is InChI=1S/C26H37N7OS2/c1-4-7-15-33(18-20-11-9-8-10-12-20)19-22-13-14-24(34-22)23(17-29-32-26(36)28-6-3)30-31-25(35)16-21(27)5-2/h8-14,17,27H,4-7,15-16,18-19H2,1-3H3,(H,31,35)(H2,28,32,36)/b27-21?,29-17+,30-23+. The first kappa shape index (κ1) is 29.3. The molecule has 0 bridgehead atoms. The van der Waals surface area contributed by atoms with Gasteiger partial charge in [-0.3, -0.25) is 15.8 Å². The predicted molar refractivity (Wildman–Crippen MR) is 157 cm³/mol. The third-order valence-corrected chi connectivity index (χ3v) is 5.63. The van der Waals surface area contributed by atoms with Gasteiger partial charge in [0.25, 0.3) is 0 Å². The number of thiocarbonyl (C=S) groups is 2. The smallest absolute Gasteiger partial charge is 0.186 e. The highest BCUT2D eigenvalue weighted by Gasteiger charge is 2.13. The molecule has 2 aromatic rings. The third kappa shape index (κ3) is 11.2. The van der Waals surface area contributed by atoms with E-state index in [-0.39, 0.29) is 0 Å². The summed E-state index contributed by atoms with van der Waals surface area (Å²) in [5, 5.41) is 19.8. The fourth-order valence-corrected chi connectivity index (χ4v) is 3.66. The molecule has 0 fully saturated rings. The number of furan rings is 1. The molecule has 0 aliphatic rings. The van der Waals surface area contributed by atoms with Crippen molar-refractivity contribution in [3.63, 3.8) is 0 Å². The van der Waals surface area contributed by atoms with Crippen LogP contribution in [0.15, 0.2) is 57.1 Å². The van der Waals surface area contributed by atoms with Crippen molar-refractivity contribution in [2.45, 2.75) is 59.5 Å². The van der Waals surface area contributed by atoms with Crippen molar-refractivity contribution in [1.29, 1.82) is 5.41 Å². The van der Waals surface area contributed by atoms with E-state index in [1.165, 1.54) is 11.8 Å². The molecule has 8 nitrogen and oxygen atoms in total. The summed E-state index contributed by atoms with van der Waals surface area (Å²) in [7, 11) is 0. The first-order chi connectivity index (χ1) is 17.4. The minimum Gasteiger partial charge on any atom is -0.458 e. The molecule has 1 aromatic heterocycles. The molecule has 0 aliphatic heterocycles. The molecule has 4 N–H and O–H groups in total. The average Bonchev–Trinajstić information content (AvgIpc) is 3.33. The second kappa shape index (κ2) is 16.7. The fourth-order valence-electron chi connectivity index (χ4n) is 3.24. The third-order valence-electron chi connectivity index (χ3n) is 5.16. The number of hydrogen-bond acceptors (Lipinski definition) is 7. The Balaban J connectivity index is 2.17. The van der Waals surface area contributed by atoms with Gasteiger partial charge in [0.1, 0.15) is 16.5 Å². The van der Waals surface area contributed by atoms with Crippen molar-refractivity contribution in [3.8, 4) is 0 Å². The van der Waals surface area contributed by atoms with E-state index in [9.17, 15) is 0 Å². The lowest BCUT2D eigenvalue weighted by atomic mass is 10.2. The maximum absolute atomic E-state index is 7.86. The van der Waals surface area contributed by atoms with E-state index in [1.807, 2.05) is 32.0 Å². The minimum atomic E-state index is 0.359. The van der Waals surface area contributed by atoms with Crippen LogP contribution < -0.4 is 16.2 Å². The van der Waals surface area contributed by atoms with Crippen LogP contribution in [0.2, 0.25) is 0 Å². The highest BCUT2D eigenvalue weighted by atomic mass is 32.1. The fraction of sp³-hybridized carbons (Fsp3) is 0.423. The van der Waals surface area contributed by atoms with Crippen molar-refractivity contribution >= 4 is 52.2 Å². The molecule has 2 rings (SSSR count). The van der Waals surface area contributed by atoms with Crippen molar-refractivity contribution in [2.24, 2.45) is 10.2 Å². The van der Waals surface area contributed by atoms with Gasteiger partial charge in [0.15, 0.2) is 10.9 Å². The highest BCUT2D eigenvalue weighted by molar-refractivity contribution is 7.80. The Bertz CT molecular complexity index is 1030. The van der Waals surface area contributed by atoms with Gasteiger partial charge in [-0.05, 0) is 56.2 Å². The van der Waals surface area contributed by atoms with Gasteiger partial charge >= 0.3 is 0 Å². The van der Waals surface area contributed by atoms with E-state index in [2.05, 4.69) is 62.5 Å². The van der Waals surface area contributed by atoms with Gasteiger partial charge in [-0.15, -0.1) is 0 Å².